The molecule has 0 spiro atoms. The van der Waals surface area contributed by atoms with E-state index in [1.165, 1.54) is 21.6 Å². The van der Waals surface area contributed by atoms with Gasteiger partial charge in [-0.15, -0.1) is 0 Å². The molecule has 0 aromatic carbocycles. The molecule has 0 heterocycles. The van der Waals surface area contributed by atoms with Crippen molar-refractivity contribution in [3.8, 4) is 0 Å². The summed E-state index contributed by atoms with van der Waals surface area (Å²) in [7, 11) is 2.53. The van der Waals surface area contributed by atoms with E-state index in [1.54, 1.807) is 0 Å². The van der Waals surface area contributed by atoms with Crippen molar-refractivity contribution in [3.63, 3.8) is 0 Å². The van der Waals surface area contributed by atoms with Gasteiger partial charge in [0.15, 0.2) is 0 Å². The highest BCUT2D eigenvalue weighted by Crippen LogP contribution is 2.21. The molecule has 0 aromatic heterocycles. The summed E-state index contributed by atoms with van der Waals surface area (Å²) in [5.41, 5.74) is 5.24. The van der Waals surface area contributed by atoms with Gasteiger partial charge in [-0.1, -0.05) is 21.6 Å². The molecule has 20 heavy (non-hydrogen) atoms. The van der Waals surface area contributed by atoms with Crippen molar-refractivity contribution in [2.24, 2.45) is 5.73 Å². The van der Waals surface area contributed by atoms with Gasteiger partial charge in [-0.05, 0) is 6.42 Å². The van der Waals surface area contributed by atoms with Crippen LogP contribution in [0.1, 0.15) is 12.8 Å². The minimum atomic E-state index is -1.21. The summed E-state index contributed by atoms with van der Waals surface area (Å²) in [5.74, 6) is -2.31. The SMILES string of the molecule is NC(CCC(=O)NC(CSSCCO)C(=O)O)C(=O)O. The van der Waals surface area contributed by atoms with Gasteiger partial charge in [-0.3, -0.25) is 9.59 Å². The van der Waals surface area contributed by atoms with Crippen molar-refractivity contribution in [1.82, 2.24) is 5.32 Å². The average Bonchev–Trinajstić information content (AvgIpc) is 2.39. The largest absolute Gasteiger partial charge is 0.480 e. The van der Waals surface area contributed by atoms with E-state index >= 15 is 0 Å². The van der Waals surface area contributed by atoms with E-state index in [0.717, 1.165) is 0 Å². The number of nitrogens with two attached hydrogens (primary N) is 1. The van der Waals surface area contributed by atoms with Crippen molar-refractivity contribution in [2.75, 3.05) is 18.1 Å². The van der Waals surface area contributed by atoms with Crippen LogP contribution in [0.4, 0.5) is 0 Å². The van der Waals surface area contributed by atoms with E-state index in [-0.39, 0.29) is 25.2 Å². The second kappa shape index (κ2) is 10.8. The first-order valence-electron chi connectivity index (χ1n) is 5.74. The molecule has 0 aliphatic heterocycles. The first kappa shape index (κ1) is 19.0. The van der Waals surface area contributed by atoms with Gasteiger partial charge in [-0.2, -0.15) is 0 Å². The minimum Gasteiger partial charge on any atom is -0.480 e. The number of rotatable bonds is 11. The summed E-state index contributed by atoms with van der Waals surface area (Å²) < 4.78 is 0. The van der Waals surface area contributed by atoms with Crippen LogP contribution in [0.15, 0.2) is 0 Å². The van der Waals surface area contributed by atoms with Crippen LogP contribution in [-0.2, 0) is 14.4 Å². The second-order valence-electron chi connectivity index (χ2n) is 3.77. The Balaban J connectivity index is 4.07. The quantitative estimate of drug-likeness (QED) is 0.241. The lowest BCUT2D eigenvalue weighted by Crippen LogP contribution is -2.43. The molecule has 0 aromatic rings. The number of amides is 1. The van der Waals surface area contributed by atoms with Crippen LogP contribution in [0.5, 0.6) is 0 Å². The van der Waals surface area contributed by atoms with Gasteiger partial charge in [0.1, 0.15) is 12.1 Å². The molecule has 0 fully saturated rings. The topological polar surface area (TPSA) is 150 Å². The number of nitrogens with one attached hydrogen (secondary N) is 1. The molecule has 116 valence electrons. The number of carbonyl (C=O) groups excluding carboxylic acids is 1. The van der Waals surface area contributed by atoms with Gasteiger partial charge in [0.05, 0.1) is 6.61 Å². The average molecular weight is 326 g/mol. The van der Waals surface area contributed by atoms with Gasteiger partial charge >= 0.3 is 11.9 Å². The Bertz CT molecular complexity index is 342. The lowest BCUT2D eigenvalue weighted by Gasteiger charge is -2.14. The number of carbonyl (C=O) groups is 3. The van der Waals surface area contributed by atoms with E-state index in [9.17, 15) is 14.4 Å². The molecule has 0 bridgehead atoms. The van der Waals surface area contributed by atoms with Crippen LogP contribution in [0.2, 0.25) is 0 Å². The predicted molar refractivity (Wildman–Crippen MR) is 76.4 cm³/mol. The van der Waals surface area contributed by atoms with Crippen molar-refractivity contribution in [1.29, 1.82) is 0 Å². The Labute approximate surface area is 123 Å². The molecule has 6 N–H and O–H groups in total. The molecule has 0 radical (unpaired) electrons. The van der Waals surface area contributed by atoms with Crippen molar-refractivity contribution < 1.29 is 29.7 Å². The second-order valence-corrected chi connectivity index (χ2v) is 6.40. The fourth-order valence-electron chi connectivity index (χ4n) is 1.06. The molecule has 0 aliphatic rings. The lowest BCUT2D eigenvalue weighted by atomic mass is 10.1. The highest BCUT2D eigenvalue weighted by Gasteiger charge is 2.21. The van der Waals surface area contributed by atoms with Gasteiger partial charge < -0.3 is 26.4 Å². The Morgan fingerprint density at radius 1 is 1.15 bits per heavy atom. The number of carboxylic acids is 2. The molecule has 0 saturated carbocycles. The standard InChI is InChI=1S/C10H18N2O6S2/c11-6(9(15)16)1-2-8(14)12-7(10(17)18)5-20-19-4-3-13/h6-7,13H,1-5,11H2,(H,12,14)(H,15,16)(H,17,18). The van der Waals surface area contributed by atoms with Gasteiger partial charge in [0, 0.05) is 17.9 Å². The first-order chi connectivity index (χ1) is 9.38. The number of aliphatic hydroxyl groups excluding tert-OH is 1. The van der Waals surface area contributed by atoms with E-state index in [0.29, 0.717) is 5.75 Å². The Kier molecular flexibility index (Phi) is 10.3. The minimum absolute atomic E-state index is 0.00512. The van der Waals surface area contributed by atoms with Crippen LogP contribution in [0, 0.1) is 0 Å². The van der Waals surface area contributed by atoms with Crippen LogP contribution in [0.3, 0.4) is 0 Å². The van der Waals surface area contributed by atoms with E-state index in [4.69, 9.17) is 21.1 Å². The summed E-state index contributed by atoms with van der Waals surface area (Å²) >= 11 is 0. The molecule has 2 atom stereocenters. The maximum Gasteiger partial charge on any atom is 0.327 e. The zero-order valence-corrected chi connectivity index (χ0v) is 12.3. The third-order valence-corrected chi connectivity index (χ3v) is 4.52. The number of aliphatic hydroxyl groups is 1. The Morgan fingerprint density at radius 2 is 1.80 bits per heavy atom. The van der Waals surface area contributed by atoms with Crippen LogP contribution in [-0.4, -0.2) is 63.4 Å². The summed E-state index contributed by atoms with van der Waals surface area (Å²) in [4.78, 5) is 32.9. The van der Waals surface area contributed by atoms with Crippen molar-refractivity contribution in [3.05, 3.63) is 0 Å². The number of aliphatic carboxylic acids is 2. The zero-order valence-electron chi connectivity index (χ0n) is 10.7. The summed E-state index contributed by atoms with van der Waals surface area (Å²) in [6, 6.07) is -2.20. The maximum atomic E-state index is 11.5. The molecule has 1 amide bonds. The smallest absolute Gasteiger partial charge is 0.327 e. The molecule has 0 aliphatic carbocycles. The monoisotopic (exact) mass is 326 g/mol. The third-order valence-electron chi connectivity index (χ3n) is 2.13. The lowest BCUT2D eigenvalue weighted by molar-refractivity contribution is -0.141. The fraction of sp³-hybridized carbons (Fsp3) is 0.700. The Hall–Kier alpha value is -0.970. The van der Waals surface area contributed by atoms with Crippen molar-refractivity contribution >= 4 is 39.4 Å². The van der Waals surface area contributed by atoms with Crippen LogP contribution < -0.4 is 11.1 Å². The molecule has 10 heteroatoms. The maximum absolute atomic E-state index is 11.5. The van der Waals surface area contributed by atoms with E-state index in [1.807, 2.05) is 0 Å². The highest BCUT2D eigenvalue weighted by atomic mass is 33.1. The third kappa shape index (κ3) is 9.02. The fourth-order valence-corrected chi connectivity index (χ4v) is 2.99. The predicted octanol–water partition coefficient (Wildman–Crippen LogP) is -0.878. The Morgan fingerprint density at radius 3 is 2.30 bits per heavy atom. The van der Waals surface area contributed by atoms with Crippen molar-refractivity contribution in [2.45, 2.75) is 24.9 Å². The van der Waals surface area contributed by atoms with Crippen LogP contribution in [0.25, 0.3) is 0 Å². The summed E-state index contributed by atoms with van der Waals surface area (Å²) in [5, 5.41) is 28.4. The molecular formula is C10H18N2O6S2. The number of hydrogen-bond donors (Lipinski definition) is 5. The van der Waals surface area contributed by atoms with Gasteiger partial charge in [0.2, 0.25) is 5.91 Å². The van der Waals surface area contributed by atoms with E-state index in [2.05, 4.69) is 5.32 Å². The number of hydrogen-bond acceptors (Lipinski definition) is 7. The van der Waals surface area contributed by atoms with E-state index < -0.39 is 29.9 Å². The normalized spacial score (nSPS) is 13.5. The molecule has 0 saturated heterocycles. The molecule has 0 rings (SSSR count). The zero-order chi connectivity index (χ0) is 15.5. The number of carboxylic acid groups (broad SMARTS) is 2. The van der Waals surface area contributed by atoms with Crippen LogP contribution >= 0.6 is 21.6 Å². The first-order valence-corrected chi connectivity index (χ1v) is 8.23. The molecule has 2 unspecified atom stereocenters. The molecule has 8 nitrogen and oxygen atoms in total. The highest BCUT2D eigenvalue weighted by molar-refractivity contribution is 8.76. The summed E-state index contributed by atoms with van der Waals surface area (Å²) in [6.45, 7) is -0.00512. The van der Waals surface area contributed by atoms with Gasteiger partial charge in [0.25, 0.3) is 0 Å². The van der Waals surface area contributed by atoms with Gasteiger partial charge in [-0.25, -0.2) is 4.79 Å². The molecular weight excluding hydrogens is 308 g/mol. The summed E-state index contributed by atoms with van der Waals surface area (Å²) in [6.07, 6.45) is -0.203.